The molecule has 3 nitrogen and oxygen atoms in total. The van der Waals surface area contributed by atoms with Crippen LogP contribution in [0.5, 0.6) is 5.88 Å². The van der Waals surface area contributed by atoms with Gasteiger partial charge in [-0.05, 0) is 13.0 Å². The van der Waals surface area contributed by atoms with Crippen molar-refractivity contribution in [3.8, 4) is 5.88 Å². The van der Waals surface area contributed by atoms with Crippen molar-refractivity contribution in [2.75, 3.05) is 7.11 Å². The summed E-state index contributed by atoms with van der Waals surface area (Å²) in [6.07, 6.45) is 0. The first kappa shape index (κ1) is 9.83. The maximum absolute atomic E-state index is 12.7. The van der Waals surface area contributed by atoms with Crippen LogP contribution in [0.3, 0.4) is 0 Å². The summed E-state index contributed by atoms with van der Waals surface area (Å²) in [6, 6.07) is 1.16. The number of hydrogen-bond donors (Lipinski definition) is 0. The molecule has 1 aromatic rings. The van der Waals surface area contributed by atoms with Crippen molar-refractivity contribution in [1.29, 1.82) is 0 Å². The minimum Gasteiger partial charge on any atom is -0.480 e. The molecule has 0 N–H and O–H groups in total. The highest BCUT2D eigenvalue weighted by Crippen LogP contribution is 2.26. The molecule has 0 fully saturated rings. The van der Waals surface area contributed by atoms with Gasteiger partial charge >= 0.3 is 0 Å². The lowest BCUT2D eigenvalue weighted by Gasteiger charge is -2.10. The summed E-state index contributed by atoms with van der Waals surface area (Å²) in [6.45, 7) is 4.26. The molecule has 0 saturated heterocycles. The first-order valence-electron chi connectivity index (χ1n) is 3.57. The molecule has 5 heteroatoms. The maximum atomic E-state index is 12.7. The monoisotopic (exact) mass is 187 g/mol. The molecular formula is C8H9F2N2O. The molecule has 0 atom stereocenters. The Morgan fingerprint density at radius 3 is 2.46 bits per heavy atom. The maximum Gasteiger partial charge on any atom is 0.288 e. The number of aromatic nitrogens is 2. The van der Waals surface area contributed by atoms with Gasteiger partial charge in [-0.1, -0.05) is 0 Å². The second-order valence-electron chi connectivity index (χ2n) is 2.65. The zero-order valence-electron chi connectivity index (χ0n) is 7.34. The summed E-state index contributed by atoms with van der Waals surface area (Å²) in [4.78, 5) is 0. The molecule has 0 aliphatic carbocycles. The van der Waals surface area contributed by atoms with E-state index in [4.69, 9.17) is 4.74 Å². The van der Waals surface area contributed by atoms with Crippen molar-refractivity contribution in [1.82, 2.24) is 10.2 Å². The van der Waals surface area contributed by atoms with E-state index >= 15 is 0 Å². The van der Waals surface area contributed by atoms with Crippen LogP contribution in [0.1, 0.15) is 18.2 Å². The fraction of sp³-hybridized carbons (Fsp3) is 0.375. The Morgan fingerprint density at radius 1 is 1.46 bits per heavy atom. The van der Waals surface area contributed by atoms with Crippen molar-refractivity contribution in [3.05, 3.63) is 24.2 Å². The van der Waals surface area contributed by atoms with Crippen LogP contribution in [0, 0.1) is 6.92 Å². The topological polar surface area (TPSA) is 35.0 Å². The number of hydrogen-bond acceptors (Lipinski definition) is 3. The molecule has 71 valence electrons. The highest BCUT2D eigenvalue weighted by molar-refractivity contribution is 5.29. The second kappa shape index (κ2) is 3.24. The standard InChI is InChI=1S/C8H9F2N2O/c1-5-4-6(8(2,9)10)11-12-7(5)13-3/h4H,1H2,2-3H3. The van der Waals surface area contributed by atoms with Crippen LogP contribution in [0.15, 0.2) is 6.07 Å². The highest BCUT2D eigenvalue weighted by atomic mass is 19.3. The third kappa shape index (κ3) is 2.11. The van der Waals surface area contributed by atoms with E-state index in [2.05, 4.69) is 17.1 Å². The molecular weight excluding hydrogens is 178 g/mol. The van der Waals surface area contributed by atoms with Crippen molar-refractivity contribution in [3.63, 3.8) is 0 Å². The smallest absolute Gasteiger partial charge is 0.288 e. The predicted octanol–water partition coefficient (Wildman–Crippen LogP) is 1.78. The lowest BCUT2D eigenvalue weighted by atomic mass is 10.2. The van der Waals surface area contributed by atoms with Crippen LogP contribution in [-0.4, -0.2) is 17.3 Å². The Labute approximate surface area is 74.7 Å². The summed E-state index contributed by atoms with van der Waals surface area (Å²) in [7, 11) is 1.38. The highest BCUT2D eigenvalue weighted by Gasteiger charge is 2.27. The van der Waals surface area contributed by atoms with Gasteiger partial charge in [0, 0.05) is 12.5 Å². The van der Waals surface area contributed by atoms with Crippen LogP contribution in [0.25, 0.3) is 0 Å². The summed E-state index contributed by atoms with van der Waals surface area (Å²) in [5.74, 6) is -2.83. The van der Waals surface area contributed by atoms with Crippen LogP contribution in [0.4, 0.5) is 8.78 Å². The molecule has 1 rings (SSSR count). The Balaban J connectivity index is 3.10. The van der Waals surface area contributed by atoms with E-state index in [-0.39, 0.29) is 5.88 Å². The summed E-state index contributed by atoms with van der Waals surface area (Å²) < 4.78 is 30.1. The van der Waals surface area contributed by atoms with Crippen molar-refractivity contribution in [2.24, 2.45) is 0 Å². The zero-order chi connectivity index (χ0) is 10.1. The van der Waals surface area contributed by atoms with Crippen LogP contribution >= 0.6 is 0 Å². The van der Waals surface area contributed by atoms with Gasteiger partial charge in [-0.25, -0.2) is 0 Å². The van der Waals surface area contributed by atoms with Crippen molar-refractivity contribution in [2.45, 2.75) is 12.8 Å². The van der Waals surface area contributed by atoms with Gasteiger partial charge in [0.2, 0.25) is 5.88 Å². The van der Waals surface area contributed by atoms with Crippen molar-refractivity contribution < 1.29 is 13.5 Å². The van der Waals surface area contributed by atoms with Gasteiger partial charge < -0.3 is 4.74 Å². The molecule has 0 unspecified atom stereocenters. The SMILES string of the molecule is [CH2]c1cc(C(C)(F)F)nnc1OC. The largest absolute Gasteiger partial charge is 0.480 e. The van der Waals surface area contributed by atoms with Gasteiger partial charge in [-0.3, -0.25) is 0 Å². The number of alkyl halides is 2. The van der Waals surface area contributed by atoms with Gasteiger partial charge in [0.05, 0.1) is 7.11 Å². The molecule has 0 amide bonds. The average Bonchev–Trinajstić information content (AvgIpc) is 2.02. The molecule has 1 aromatic heterocycles. The van der Waals surface area contributed by atoms with E-state index in [1.165, 1.54) is 7.11 Å². The predicted molar refractivity (Wildman–Crippen MR) is 42.6 cm³/mol. The average molecular weight is 187 g/mol. The number of rotatable bonds is 2. The fourth-order valence-electron chi connectivity index (χ4n) is 0.806. The van der Waals surface area contributed by atoms with Crippen LogP contribution < -0.4 is 4.74 Å². The molecule has 1 heterocycles. The van der Waals surface area contributed by atoms with E-state index < -0.39 is 11.6 Å². The first-order chi connectivity index (χ1) is 5.95. The Bertz CT molecular complexity index is 310. The van der Waals surface area contributed by atoms with E-state index in [9.17, 15) is 8.78 Å². The van der Waals surface area contributed by atoms with E-state index in [0.29, 0.717) is 5.56 Å². The molecule has 1 radical (unpaired) electrons. The van der Waals surface area contributed by atoms with Crippen LogP contribution in [0.2, 0.25) is 0 Å². The van der Waals surface area contributed by atoms with Gasteiger partial charge in [-0.15, -0.1) is 10.2 Å². The Morgan fingerprint density at radius 2 is 2.08 bits per heavy atom. The third-order valence-electron chi connectivity index (χ3n) is 1.48. The molecule has 0 bridgehead atoms. The number of methoxy groups -OCH3 is 1. The lowest BCUT2D eigenvalue weighted by molar-refractivity contribution is 0.0116. The zero-order valence-corrected chi connectivity index (χ0v) is 7.34. The normalized spacial score (nSPS) is 11.5. The first-order valence-corrected chi connectivity index (χ1v) is 3.57. The van der Waals surface area contributed by atoms with Gasteiger partial charge in [-0.2, -0.15) is 8.78 Å². The second-order valence-corrected chi connectivity index (χ2v) is 2.65. The third-order valence-corrected chi connectivity index (χ3v) is 1.48. The molecule has 13 heavy (non-hydrogen) atoms. The fourth-order valence-corrected chi connectivity index (χ4v) is 0.806. The number of nitrogens with zero attached hydrogens (tertiary/aromatic N) is 2. The van der Waals surface area contributed by atoms with Gasteiger partial charge in [0.25, 0.3) is 5.92 Å². The van der Waals surface area contributed by atoms with Crippen molar-refractivity contribution >= 4 is 0 Å². The summed E-state index contributed by atoms with van der Waals surface area (Å²) in [5.41, 5.74) is -0.104. The van der Waals surface area contributed by atoms with E-state index in [1.54, 1.807) is 0 Å². The lowest BCUT2D eigenvalue weighted by Crippen LogP contribution is -2.11. The van der Waals surface area contributed by atoms with Gasteiger partial charge in [0.15, 0.2) is 0 Å². The molecule has 0 aliphatic rings. The van der Waals surface area contributed by atoms with Crippen LogP contribution in [-0.2, 0) is 5.92 Å². The van der Waals surface area contributed by atoms with E-state index in [0.717, 1.165) is 13.0 Å². The molecule has 0 aromatic carbocycles. The quantitative estimate of drug-likeness (QED) is 0.707. The minimum atomic E-state index is -2.99. The molecule has 0 spiro atoms. The molecule has 0 aliphatic heterocycles. The Kier molecular flexibility index (Phi) is 2.45. The minimum absolute atomic E-state index is 0.160. The summed E-state index contributed by atoms with van der Waals surface area (Å²) >= 11 is 0. The number of halogens is 2. The van der Waals surface area contributed by atoms with Gasteiger partial charge in [0.1, 0.15) is 5.69 Å². The number of ether oxygens (including phenoxy) is 1. The summed E-state index contributed by atoms with van der Waals surface area (Å²) in [5, 5.41) is 6.77. The molecule has 0 saturated carbocycles. The van der Waals surface area contributed by atoms with E-state index in [1.807, 2.05) is 0 Å². The Hall–Kier alpha value is -1.26.